The molecule has 1 aliphatic heterocycles. The molecular weight excluding hydrogens is 312 g/mol. The van der Waals surface area contributed by atoms with E-state index in [0.29, 0.717) is 24.6 Å². The van der Waals surface area contributed by atoms with Crippen LogP contribution in [0, 0.1) is 0 Å². The van der Waals surface area contributed by atoms with Gasteiger partial charge in [0, 0.05) is 11.1 Å². The second-order valence-corrected chi connectivity index (χ2v) is 5.94. The summed E-state index contributed by atoms with van der Waals surface area (Å²) >= 11 is 0. The van der Waals surface area contributed by atoms with Gasteiger partial charge in [0.05, 0.1) is 13.2 Å². The predicted molar refractivity (Wildman–Crippen MR) is 101 cm³/mol. The Kier molecular flexibility index (Phi) is 5.74. The van der Waals surface area contributed by atoms with Gasteiger partial charge >= 0.3 is 0 Å². The molecule has 2 aromatic rings. The fourth-order valence-electron chi connectivity index (χ4n) is 2.84. The van der Waals surface area contributed by atoms with Crippen molar-refractivity contribution >= 4 is 11.4 Å². The highest BCUT2D eigenvalue weighted by atomic mass is 16.7. The summed E-state index contributed by atoms with van der Waals surface area (Å²) in [5.41, 5.74) is 3.36. The Labute approximate surface area is 149 Å². The van der Waals surface area contributed by atoms with Crippen LogP contribution in [0.3, 0.4) is 0 Å². The molecule has 0 amide bonds. The quantitative estimate of drug-likeness (QED) is 0.669. The van der Waals surface area contributed by atoms with Crippen molar-refractivity contribution in [3.63, 3.8) is 0 Å². The predicted octanol–water partition coefficient (Wildman–Crippen LogP) is 4.44. The van der Waals surface area contributed by atoms with Gasteiger partial charge < -0.3 is 9.47 Å². The molecule has 130 valence electrons. The molecule has 0 N–H and O–H groups in total. The molecular formula is C21H24N2O2. The number of benzene rings is 2. The van der Waals surface area contributed by atoms with Crippen LogP contribution in [0.25, 0.3) is 0 Å². The smallest absolute Gasteiger partial charge is 0.262 e. The Balaban J connectivity index is 2.07. The average molecular weight is 336 g/mol. The summed E-state index contributed by atoms with van der Waals surface area (Å²) in [5.74, 6) is -1.06. The van der Waals surface area contributed by atoms with Crippen LogP contribution in [0.4, 0.5) is 0 Å². The van der Waals surface area contributed by atoms with Gasteiger partial charge in [-0.1, -0.05) is 74.5 Å². The lowest BCUT2D eigenvalue weighted by Crippen LogP contribution is -2.50. The molecule has 1 heterocycles. The summed E-state index contributed by atoms with van der Waals surface area (Å²) in [4.78, 5) is 0. The minimum atomic E-state index is -1.06. The van der Waals surface area contributed by atoms with E-state index in [1.807, 2.05) is 60.7 Å². The summed E-state index contributed by atoms with van der Waals surface area (Å²) in [6.45, 7) is 5.31. The fraction of sp³-hybridized carbons (Fsp3) is 0.333. The summed E-state index contributed by atoms with van der Waals surface area (Å²) < 4.78 is 12.6. The van der Waals surface area contributed by atoms with Gasteiger partial charge in [-0.3, -0.25) is 0 Å². The molecule has 3 rings (SSSR count). The third-order valence-electron chi connectivity index (χ3n) is 3.99. The van der Waals surface area contributed by atoms with E-state index in [1.165, 1.54) is 0 Å². The monoisotopic (exact) mass is 336 g/mol. The minimum Gasteiger partial charge on any atom is -0.340 e. The van der Waals surface area contributed by atoms with Gasteiger partial charge in [0.1, 0.15) is 11.4 Å². The summed E-state index contributed by atoms with van der Waals surface area (Å²) in [6, 6.07) is 20.0. The first-order valence-electron chi connectivity index (χ1n) is 8.87. The van der Waals surface area contributed by atoms with Crippen molar-refractivity contribution in [2.45, 2.75) is 32.5 Å². The molecule has 2 aromatic carbocycles. The lowest BCUT2D eigenvalue weighted by Gasteiger charge is -2.32. The van der Waals surface area contributed by atoms with Crippen LogP contribution in [0.5, 0.6) is 0 Å². The molecule has 0 radical (unpaired) electrons. The molecule has 25 heavy (non-hydrogen) atoms. The van der Waals surface area contributed by atoms with Gasteiger partial charge in [0.25, 0.3) is 5.79 Å². The third kappa shape index (κ3) is 3.55. The highest BCUT2D eigenvalue weighted by Crippen LogP contribution is 2.31. The van der Waals surface area contributed by atoms with Crippen molar-refractivity contribution in [2.24, 2.45) is 10.2 Å². The molecule has 1 aliphatic rings. The zero-order chi connectivity index (χ0) is 17.5. The van der Waals surface area contributed by atoms with Crippen LogP contribution >= 0.6 is 0 Å². The molecule has 0 atom stereocenters. The van der Waals surface area contributed by atoms with E-state index in [9.17, 15) is 0 Å². The highest BCUT2D eigenvalue weighted by Gasteiger charge is 2.48. The molecule has 0 aliphatic carbocycles. The van der Waals surface area contributed by atoms with Gasteiger partial charge in [0.15, 0.2) is 0 Å². The van der Waals surface area contributed by atoms with Crippen molar-refractivity contribution in [3.05, 3.63) is 71.8 Å². The first kappa shape index (κ1) is 17.5. The minimum absolute atomic E-state index is 0.571. The van der Waals surface area contributed by atoms with E-state index < -0.39 is 5.79 Å². The third-order valence-corrected chi connectivity index (χ3v) is 3.99. The molecule has 0 saturated carbocycles. The summed E-state index contributed by atoms with van der Waals surface area (Å²) in [6.07, 6.45) is 1.78. The molecule has 0 fully saturated rings. The van der Waals surface area contributed by atoms with E-state index in [1.54, 1.807) is 0 Å². The number of nitrogens with zero attached hydrogens (tertiary/aromatic N) is 2. The maximum absolute atomic E-state index is 6.29. The van der Waals surface area contributed by atoms with Gasteiger partial charge in [0.2, 0.25) is 0 Å². The Morgan fingerprint density at radius 1 is 0.680 bits per heavy atom. The van der Waals surface area contributed by atoms with Crippen molar-refractivity contribution in [1.82, 2.24) is 0 Å². The molecule has 4 heteroatoms. The molecule has 0 spiro atoms. The van der Waals surface area contributed by atoms with E-state index in [4.69, 9.17) is 9.47 Å². The number of ether oxygens (including phenoxy) is 2. The zero-order valence-corrected chi connectivity index (χ0v) is 14.8. The van der Waals surface area contributed by atoms with Crippen LogP contribution in [0.15, 0.2) is 70.9 Å². The second kappa shape index (κ2) is 8.19. The van der Waals surface area contributed by atoms with Crippen LogP contribution in [0.1, 0.15) is 37.8 Å². The normalized spacial score (nSPS) is 15.8. The maximum atomic E-state index is 6.29. The Morgan fingerprint density at radius 2 is 1.08 bits per heavy atom. The van der Waals surface area contributed by atoms with Crippen LogP contribution in [-0.4, -0.2) is 30.4 Å². The Morgan fingerprint density at radius 3 is 1.44 bits per heavy atom. The lowest BCUT2D eigenvalue weighted by atomic mass is 9.94. The average Bonchev–Trinajstić information content (AvgIpc) is 3.05. The molecule has 0 bridgehead atoms. The van der Waals surface area contributed by atoms with Gasteiger partial charge in [-0.25, -0.2) is 0 Å². The van der Waals surface area contributed by atoms with Gasteiger partial charge in [-0.05, 0) is 12.8 Å². The van der Waals surface area contributed by atoms with Gasteiger partial charge in [-0.15, -0.1) is 10.2 Å². The molecule has 0 unspecified atom stereocenters. The molecule has 0 aromatic heterocycles. The van der Waals surface area contributed by atoms with Crippen molar-refractivity contribution in [1.29, 1.82) is 0 Å². The number of rotatable bonds is 8. The first-order valence-corrected chi connectivity index (χ1v) is 8.87. The first-order chi connectivity index (χ1) is 12.3. The molecule has 4 nitrogen and oxygen atoms in total. The second-order valence-electron chi connectivity index (χ2n) is 5.94. The SMILES string of the molecule is CCCOC1(OCCC)C(c2ccccc2)=NN=C1c1ccccc1. The zero-order valence-electron chi connectivity index (χ0n) is 14.8. The summed E-state index contributed by atoms with van der Waals surface area (Å²) in [5, 5.41) is 8.96. The standard InChI is InChI=1S/C21H24N2O2/c1-3-15-24-21(25-16-4-2)19(17-11-7-5-8-12-17)22-23-20(21)18-13-9-6-10-14-18/h5-14H,3-4,15-16H2,1-2H3. The van der Waals surface area contributed by atoms with Crippen molar-refractivity contribution in [3.8, 4) is 0 Å². The van der Waals surface area contributed by atoms with Crippen molar-refractivity contribution < 1.29 is 9.47 Å². The van der Waals surface area contributed by atoms with Gasteiger partial charge in [-0.2, -0.15) is 0 Å². The van der Waals surface area contributed by atoms with E-state index in [0.717, 1.165) is 24.0 Å². The van der Waals surface area contributed by atoms with Crippen molar-refractivity contribution in [2.75, 3.05) is 13.2 Å². The molecule has 0 saturated heterocycles. The van der Waals surface area contributed by atoms with Crippen LogP contribution in [0.2, 0.25) is 0 Å². The highest BCUT2D eigenvalue weighted by molar-refractivity contribution is 6.27. The maximum Gasteiger partial charge on any atom is 0.262 e. The van der Waals surface area contributed by atoms with E-state index in [-0.39, 0.29) is 0 Å². The summed E-state index contributed by atoms with van der Waals surface area (Å²) in [7, 11) is 0. The topological polar surface area (TPSA) is 43.2 Å². The number of hydrogen-bond donors (Lipinski definition) is 0. The number of hydrogen-bond acceptors (Lipinski definition) is 4. The fourth-order valence-corrected chi connectivity index (χ4v) is 2.84. The van der Waals surface area contributed by atoms with Crippen LogP contribution < -0.4 is 0 Å². The Bertz CT molecular complexity index is 674. The van der Waals surface area contributed by atoms with E-state index in [2.05, 4.69) is 24.1 Å². The lowest BCUT2D eigenvalue weighted by molar-refractivity contribution is -0.139. The largest absolute Gasteiger partial charge is 0.340 e. The Hall–Kier alpha value is -2.30. The van der Waals surface area contributed by atoms with Crippen LogP contribution in [-0.2, 0) is 9.47 Å². The van der Waals surface area contributed by atoms with E-state index >= 15 is 0 Å².